The molecule has 0 unspecified atom stereocenters. The average Bonchev–Trinajstić information content (AvgIpc) is 3.65. The summed E-state index contributed by atoms with van der Waals surface area (Å²) in [6.07, 6.45) is 2.99. The van der Waals surface area contributed by atoms with Crippen LogP contribution in [0.25, 0.3) is 0 Å². The zero-order valence-corrected chi connectivity index (χ0v) is 24.9. The van der Waals surface area contributed by atoms with Crippen LogP contribution in [0.1, 0.15) is 85.0 Å². The molecule has 2 aromatic rings. The van der Waals surface area contributed by atoms with Crippen molar-refractivity contribution in [2.75, 3.05) is 32.8 Å². The van der Waals surface area contributed by atoms with Crippen molar-refractivity contribution >= 4 is 23.6 Å². The quantitative estimate of drug-likeness (QED) is 0.304. The number of amides is 4. The zero-order valence-electron chi connectivity index (χ0n) is 24.9. The van der Waals surface area contributed by atoms with E-state index in [4.69, 9.17) is 13.6 Å². The minimum Gasteiger partial charge on any atom is -0.467 e. The van der Waals surface area contributed by atoms with Crippen LogP contribution in [-0.2, 0) is 20.9 Å². The number of oxazole rings is 1. The van der Waals surface area contributed by atoms with Gasteiger partial charge in [-0.2, -0.15) is 0 Å². The molecule has 2 bridgehead atoms. The average molecular weight is 603 g/mol. The number of furan rings is 1. The molecule has 5 N–H and O–H groups in total. The highest BCUT2D eigenvalue weighted by molar-refractivity contribution is 5.98. The second kappa shape index (κ2) is 15.1. The number of hydrogen-bond acceptors (Lipinski definition) is 10. The van der Waals surface area contributed by atoms with Crippen molar-refractivity contribution < 1.29 is 37.9 Å². The molecule has 14 nitrogen and oxygen atoms in total. The summed E-state index contributed by atoms with van der Waals surface area (Å²) in [7, 11) is 0. The third-order valence-corrected chi connectivity index (χ3v) is 7.36. The SMILES string of the molecule is CC(C)C[C@@H]1NC(=O)[C@H]([C@@H](C)O)NC(=O)[C@@H](NC(=O)c2coc(CN3CCOCC3)c2)CCCCNC(=O)c2coc1n2. The molecule has 1 saturated heterocycles. The number of rotatable bonds is 7. The number of nitrogens with zero attached hydrogens (tertiary/aromatic N) is 2. The van der Waals surface area contributed by atoms with Crippen LogP contribution in [0.4, 0.5) is 0 Å². The molecule has 0 aliphatic carbocycles. The Bertz CT molecular complexity index is 1250. The van der Waals surface area contributed by atoms with Gasteiger partial charge in [-0.05, 0) is 44.6 Å². The molecule has 14 heteroatoms. The van der Waals surface area contributed by atoms with Crippen LogP contribution in [0.15, 0.2) is 27.4 Å². The van der Waals surface area contributed by atoms with Crippen LogP contribution >= 0.6 is 0 Å². The molecule has 0 radical (unpaired) electrons. The van der Waals surface area contributed by atoms with Crippen LogP contribution in [0.3, 0.4) is 0 Å². The van der Waals surface area contributed by atoms with E-state index in [2.05, 4.69) is 31.2 Å². The summed E-state index contributed by atoms with van der Waals surface area (Å²) in [5.41, 5.74) is 0.352. The lowest BCUT2D eigenvalue weighted by molar-refractivity contribution is -0.133. The van der Waals surface area contributed by atoms with Crippen molar-refractivity contribution in [1.29, 1.82) is 0 Å². The van der Waals surface area contributed by atoms with Gasteiger partial charge in [-0.1, -0.05) is 13.8 Å². The second-order valence-electron chi connectivity index (χ2n) is 11.5. The van der Waals surface area contributed by atoms with Crippen LogP contribution in [0.2, 0.25) is 0 Å². The molecular weight excluding hydrogens is 560 g/mol. The number of carbonyl (C=O) groups is 4. The first-order valence-corrected chi connectivity index (χ1v) is 14.8. The normalized spacial score (nSPS) is 23.7. The Labute approximate surface area is 250 Å². The number of carbonyl (C=O) groups excluding carboxylic acids is 4. The van der Waals surface area contributed by atoms with E-state index in [0.29, 0.717) is 51.3 Å². The molecule has 2 aromatic heterocycles. The summed E-state index contributed by atoms with van der Waals surface area (Å²) in [4.78, 5) is 59.0. The Hall–Kier alpha value is -3.75. The van der Waals surface area contributed by atoms with Crippen molar-refractivity contribution in [2.45, 2.75) is 77.2 Å². The van der Waals surface area contributed by atoms with Gasteiger partial charge in [0.25, 0.3) is 11.8 Å². The largest absolute Gasteiger partial charge is 0.467 e. The highest BCUT2D eigenvalue weighted by Gasteiger charge is 2.33. The summed E-state index contributed by atoms with van der Waals surface area (Å²) < 4.78 is 16.5. The van der Waals surface area contributed by atoms with Crippen molar-refractivity contribution in [3.05, 3.63) is 41.5 Å². The fourth-order valence-electron chi connectivity index (χ4n) is 5.00. The zero-order chi connectivity index (χ0) is 30.9. The summed E-state index contributed by atoms with van der Waals surface area (Å²) >= 11 is 0. The molecule has 1 fully saturated rings. The van der Waals surface area contributed by atoms with E-state index in [-0.39, 0.29) is 29.5 Å². The number of aromatic nitrogens is 1. The molecule has 4 heterocycles. The summed E-state index contributed by atoms with van der Waals surface area (Å²) in [6.45, 7) is 8.95. The van der Waals surface area contributed by atoms with Gasteiger partial charge in [0, 0.05) is 19.6 Å². The van der Waals surface area contributed by atoms with Gasteiger partial charge in [0.1, 0.15) is 36.4 Å². The van der Waals surface area contributed by atoms with Gasteiger partial charge in [-0.15, -0.1) is 0 Å². The summed E-state index contributed by atoms with van der Waals surface area (Å²) in [6, 6.07) is -1.40. The van der Waals surface area contributed by atoms with Gasteiger partial charge in [0.2, 0.25) is 17.7 Å². The Morgan fingerprint density at radius 3 is 2.58 bits per heavy atom. The van der Waals surface area contributed by atoms with E-state index in [0.717, 1.165) is 13.1 Å². The third-order valence-electron chi connectivity index (χ3n) is 7.36. The standard InChI is InChI=1S/C29H42N6O8/c1-17(2)12-22-29-33-23(16-43-29)26(38)30-7-5-4-6-21(27(39)34-24(18(3)36)28(40)32-22)31-25(37)19-13-20(42-15-19)14-35-8-10-41-11-9-35/h13,15-18,21-22,24,36H,4-12,14H2,1-3H3,(H,30,38)(H,31,37)(H,32,40)(H,34,39)/t18-,21+,22+,24+/m1/s1. The predicted molar refractivity (Wildman–Crippen MR) is 153 cm³/mol. The molecule has 2 aliphatic rings. The van der Waals surface area contributed by atoms with E-state index < -0.39 is 47.9 Å². The molecule has 4 atom stereocenters. The van der Waals surface area contributed by atoms with Crippen molar-refractivity contribution in [1.82, 2.24) is 31.2 Å². The Kier molecular flexibility index (Phi) is 11.3. The van der Waals surface area contributed by atoms with Crippen LogP contribution in [-0.4, -0.2) is 89.7 Å². The minimum atomic E-state index is -1.32. The highest BCUT2D eigenvalue weighted by atomic mass is 16.5. The van der Waals surface area contributed by atoms with E-state index >= 15 is 0 Å². The predicted octanol–water partition coefficient (Wildman–Crippen LogP) is 0.881. The van der Waals surface area contributed by atoms with Crippen molar-refractivity contribution in [2.24, 2.45) is 5.92 Å². The van der Waals surface area contributed by atoms with E-state index in [9.17, 15) is 24.3 Å². The molecule has 0 spiro atoms. The van der Waals surface area contributed by atoms with Gasteiger partial charge in [-0.3, -0.25) is 24.1 Å². The number of aliphatic hydroxyl groups is 1. The smallest absolute Gasteiger partial charge is 0.273 e. The van der Waals surface area contributed by atoms with Gasteiger partial charge in [-0.25, -0.2) is 4.98 Å². The number of nitrogens with one attached hydrogen (secondary N) is 4. The lowest BCUT2D eigenvalue weighted by Gasteiger charge is -2.26. The fraction of sp³-hybridized carbons (Fsp3) is 0.621. The van der Waals surface area contributed by atoms with Gasteiger partial charge >= 0.3 is 0 Å². The van der Waals surface area contributed by atoms with Gasteiger partial charge in [0.15, 0.2) is 5.69 Å². The minimum absolute atomic E-state index is 0.0868. The van der Waals surface area contributed by atoms with Crippen molar-refractivity contribution in [3.8, 4) is 0 Å². The lowest BCUT2D eigenvalue weighted by atomic mass is 10.0. The first kappa shape index (κ1) is 32.2. The van der Waals surface area contributed by atoms with Crippen LogP contribution in [0, 0.1) is 5.92 Å². The summed E-state index contributed by atoms with van der Waals surface area (Å²) in [5.74, 6) is -1.32. The first-order valence-electron chi connectivity index (χ1n) is 14.8. The maximum Gasteiger partial charge on any atom is 0.273 e. The van der Waals surface area contributed by atoms with Crippen molar-refractivity contribution in [3.63, 3.8) is 0 Å². The molecule has 0 saturated carbocycles. The Morgan fingerprint density at radius 1 is 1.09 bits per heavy atom. The Morgan fingerprint density at radius 2 is 1.86 bits per heavy atom. The number of morpholine rings is 1. The topological polar surface area (TPSA) is 188 Å². The number of aliphatic hydroxyl groups excluding tert-OH is 1. The Balaban J connectivity index is 1.50. The maximum absolute atomic E-state index is 13.5. The molecule has 43 heavy (non-hydrogen) atoms. The van der Waals surface area contributed by atoms with E-state index in [1.807, 2.05) is 13.8 Å². The molecule has 2 aliphatic heterocycles. The van der Waals surface area contributed by atoms with Crippen LogP contribution < -0.4 is 21.3 Å². The van der Waals surface area contributed by atoms with Crippen LogP contribution in [0.5, 0.6) is 0 Å². The summed E-state index contributed by atoms with van der Waals surface area (Å²) in [5, 5.41) is 21.4. The van der Waals surface area contributed by atoms with Gasteiger partial charge in [0.05, 0.1) is 31.4 Å². The molecule has 0 aromatic carbocycles. The van der Waals surface area contributed by atoms with Gasteiger partial charge < -0.3 is 39.9 Å². The number of hydrogen-bond donors (Lipinski definition) is 5. The highest BCUT2D eigenvalue weighted by Crippen LogP contribution is 2.22. The van der Waals surface area contributed by atoms with E-state index in [1.165, 1.54) is 19.5 Å². The molecule has 236 valence electrons. The third kappa shape index (κ3) is 9.12. The monoisotopic (exact) mass is 602 g/mol. The molecule has 4 rings (SSSR count). The molecular formula is C29H42N6O8. The maximum atomic E-state index is 13.5. The number of ether oxygens (including phenoxy) is 1. The second-order valence-corrected chi connectivity index (χ2v) is 11.5. The van der Waals surface area contributed by atoms with E-state index in [1.54, 1.807) is 6.07 Å². The lowest BCUT2D eigenvalue weighted by Crippen LogP contribution is -2.57. The molecule has 4 amide bonds. The number of fused-ring (bicyclic) bond motifs is 2. The fourth-order valence-corrected chi connectivity index (χ4v) is 5.00. The first-order chi connectivity index (χ1) is 20.6.